The van der Waals surface area contributed by atoms with Crippen molar-refractivity contribution in [2.75, 3.05) is 5.88 Å². The number of aryl methyl sites for hydroxylation is 2. The predicted octanol–water partition coefficient (Wildman–Crippen LogP) is 3.10. The minimum atomic E-state index is 0.733. The topological polar surface area (TPSA) is 17.8 Å². The molecule has 1 aromatic rings. The molecule has 3 heteroatoms. The monoisotopic (exact) mass is 214 g/mol. The lowest BCUT2D eigenvalue weighted by Gasteiger charge is -2.03. The third-order valence-corrected chi connectivity index (χ3v) is 2.49. The Balaban J connectivity index is 2.35. The summed E-state index contributed by atoms with van der Waals surface area (Å²) in [5, 5.41) is 4.31. The highest BCUT2D eigenvalue weighted by Gasteiger charge is 1.99. The normalized spacial score (nSPS) is 11.1. The minimum Gasteiger partial charge on any atom is -0.272 e. The molecule has 14 heavy (non-hydrogen) atoms. The summed E-state index contributed by atoms with van der Waals surface area (Å²) >= 11 is 5.63. The molecule has 1 heterocycles. The Bertz CT molecular complexity index is 256. The number of hydrogen-bond acceptors (Lipinski definition) is 1. The number of nitrogens with zero attached hydrogens (tertiary/aromatic N) is 2. The van der Waals surface area contributed by atoms with Gasteiger partial charge in [-0.05, 0) is 30.7 Å². The zero-order valence-corrected chi connectivity index (χ0v) is 9.80. The van der Waals surface area contributed by atoms with Crippen LogP contribution in [-0.2, 0) is 13.0 Å². The SMILES string of the molecule is CC(C)CCn1cc(CCCCl)cn1. The first-order valence-electron chi connectivity index (χ1n) is 5.29. The fourth-order valence-electron chi connectivity index (χ4n) is 1.32. The molecule has 80 valence electrons. The standard InChI is InChI=1S/C11H19ClN2/c1-10(2)5-7-14-9-11(8-13-14)4-3-6-12/h8-10H,3-7H2,1-2H3. The van der Waals surface area contributed by atoms with Crippen LogP contribution in [0.25, 0.3) is 0 Å². The first kappa shape index (κ1) is 11.6. The molecular formula is C11H19ClN2. The molecule has 0 bridgehead atoms. The van der Waals surface area contributed by atoms with E-state index in [0.29, 0.717) is 0 Å². The number of aromatic nitrogens is 2. The lowest BCUT2D eigenvalue weighted by molar-refractivity contribution is 0.487. The molecule has 0 aliphatic carbocycles. The van der Waals surface area contributed by atoms with Crippen LogP contribution in [0, 0.1) is 5.92 Å². The van der Waals surface area contributed by atoms with Gasteiger partial charge in [0, 0.05) is 18.6 Å². The molecule has 0 saturated heterocycles. The van der Waals surface area contributed by atoms with Crippen LogP contribution in [0.4, 0.5) is 0 Å². The van der Waals surface area contributed by atoms with Crippen LogP contribution < -0.4 is 0 Å². The molecule has 0 aromatic carbocycles. The summed E-state index contributed by atoms with van der Waals surface area (Å²) in [7, 11) is 0. The van der Waals surface area contributed by atoms with E-state index in [9.17, 15) is 0 Å². The van der Waals surface area contributed by atoms with Gasteiger partial charge in [0.2, 0.25) is 0 Å². The van der Waals surface area contributed by atoms with Gasteiger partial charge in [0.1, 0.15) is 0 Å². The van der Waals surface area contributed by atoms with Crippen molar-refractivity contribution in [3.63, 3.8) is 0 Å². The minimum absolute atomic E-state index is 0.733. The summed E-state index contributed by atoms with van der Waals surface area (Å²) in [5.41, 5.74) is 1.30. The van der Waals surface area contributed by atoms with Crippen LogP contribution in [0.3, 0.4) is 0 Å². The van der Waals surface area contributed by atoms with Gasteiger partial charge in [-0.15, -0.1) is 11.6 Å². The van der Waals surface area contributed by atoms with E-state index in [1.54, 1.807) is 0 Å². The Hall–Kier alpha value is -0.500. The Labute approximate surface area is 91.3 Å². The highest BCUT2D eigenvalue weighted by Crippen LogP contribution is 2.06. The average molecular weight is 215 g/mol. The molecule has 0 N–H and O–H groups in total. The van der Waals surface area contributed by atoms with Crippen LogP contribution in [-0.4, -0.2) is 15.7 Å². The molecule has 0 saturated carbocycles. The summed E-state index contributed by atoms with van der Waals surface area (Å²) in [6, 6.07) is 0. The second-order valence-electron chi connectivity index (χ2n) is 4.09. The van der Waals surface area contributed by atoms with E-state index in [1.807, 2.05) is 10.9 Å². The zero-order valence-electron chi connectivity index (χ0n) is 9.04. The second kappa shape index (κ2) is 6.07. The lowest BCUT2D eigenvalue weighted by atomic mass is 10.1. The Morgan fingerprint density at radius 3 is 2.93 bits per heavy atom. The quantitative estimate of drug-likeness (QED) is 0.666. The maximum absolute atomic E-state index is 5.63. The first-order chi connectivity index (χ1) is 6.72. The molecule has 0 fully saturated rings. The van der Waals surface area contributed by atoms with Gasteiger partial charge in [0.15, 0.2) is 0 Å². The summed E-state index contributed by atoms with van der Waals surface area (Å²) in [6.45, 7) is 5.49. The van der Waals surface area contributed by atoms with Crippen molar-refractivity contribution in [3.8, 4) is 0 Å². The van der Waals surface area contributed by atoms with Gasteiger partial charge in [-0.3, -0.25) is 4.68 Å². The van der Waals surface area contributed by atoms with Crippen molar-refractivity contribution in [3.05, 3.63) is 18.0 Å². The van der Waals surface area contributed by atoms with E-state index < -0.39 is 0 Å². The molecule has 0 aliphatic heterocycles. The van der Waals surface area contributed by atoms with Crippen LogP contribution in [0.15, 0.2) is 12.4 Å². The molecule has 0 radical (unpaired) electrons. The van der Waals surface area contributed by atoms with Gasteiger partial charge >= 0.3 is 0 Å². The molecule has 1 rings (SSSR count). The van der Waals surface area contributed by atoms with Crippen LogP contribution in [0.1, 0.15) is 32.3 Å². The van der Waals surface area contributed by atoms with E-state index in [2.05, 4.69) is 25.1 Å². The zero-order chi connectivity index (χ0) is 10.4. The molecule has 0 amide bonds. The predicted molar refractivity (Wildman–Crippen MR) is 60.7 cm³/mol. The number of alkyl halides is 1. The number of rotatable bonds is 6. The summed E-state index contributed by atoms with van der Waals surface area (Å²) in [6.07, 6.45) is 7.36. The summed E-state index contributed by atoms with van der Waals surface area (Å²) in [4.78, 5) is 0. The third-order valence-electron chi connectivity index (χ3n) is 2.22. The van der Waals surface area contributed by atoms with Crippen molar-refractivity contribution in [1.29, 1.82) is 0 Å². The fraction of sp³-hybridized carbons (Fsp3) is 0.727. The Morgan fingerprint density at radius 2 is 2.29 bits per heavy atom. The van der Waals surface area contributed by atoms with Gasteiger partial charge in [-0.25, -0.2) is 0 Å². The molecule has 0 aliphatic rings. The second-order valence-corrected chi connectivity index (χ2v) is 4.46. The largest absolute Gasteiger partial charge is 0.272 e. The van der Waals surface area contributed by atoms with Crippen molar-refractivity contribution >= 4 is 11.6 Å². The molecule has 1 aromatic heterocycles. The maximum atomic E-state index is 5.63. The molecule has 0 unspecified atom stereocenters. The van der Waals surface area contributed by atoms with Crippen LogP contribution >= 0.6 is 11.6 Å². The van der Waals surface area contributed by atoms with Crippen LogP contribution in [0.5, 0.6) is 0 Å². The van der Waals surface area contributed by atoms with Gasteiger partial charge in [0.05, 0.1) is 6.20 Å². The van der Waals surface area contributed by atoms with E-state index in [-0.39, 0.29) is 0 Å². The van der Waals surface area contributed by atoms with Crippen molar-refractivity contribution < 1.29 is 0 Å². The molecule has 0 spiro atoms. The maximum Gasteiger partial charge on any atom is 0.0521 e. The van der Waals surface area contributed by atoms with Gasteiger partial charge in [-0.1, -0.05) is 13.8 Å². The smallest absolute Gasteiger partial charge is 0.0521 e. The van der Waals surface area contributed by atoms with Crippen molar-refractivity contribution in [2.45, 2.75) is 39.7 Å². The Kier molecular flexibility index (Phi) is 5.02. The number of halogens is 1. The third kappa shape index (κ3) is 4.14. The highest BCUT2D eigenvalue weighted by atomic mass is 35.5. The van der Waals surface area contributed by atoms with E-state index >= 15 is 0 Å². The lowest BCUT2D eigenvalue weighted by Crippen LogP contribution is -2.01. The van der Waals surface area contributed by atoms with E-state index in [4.69, 9.17) is 11.6 Å². The van der Waals surface area contributed by atoms with Gasteiger partial charge in [-0.2, -0.15) is 5.10 Å². The molecule has 2 nitrogen and oxygen atoms in total. The van der Waals surface area contributed by atoms with Gasteiger partial charge in [0.25, 0.3) is 0 Å². The van der Waals surface area contributed by atoms with Crippen molar-refractivity contribution in [1.82, 2.24) is 9.78 Å². The Morgan fingerprint density at radius 1 is 1.50 bits per heavy atom. The fourth-order valence-corrected chi connectivity index (χ4v) is 1.45. The first-order valence-corrected chi connectivity index (χ1v) is 5.83. The van der Waals surface area contributed by atoms with E-state index in [0.717, 1.165) is 31.2 Å². The van der Waals surface area contributed by atoms with E-state index in [1.165, 1.54) is 12.0 Å². The highest BCUT2D eigenvalue weighted by molar-refractivity contribution is 6.17. The average Bonchev–Trinajstić information content (AvgIpc) is 2.59. The van der Waals surface area contributed by atoms with Crippen LogP contribution in [0.2, 0.25) is 0 Å². The summed E-state index contributed by atoms with van der Waals surface area (Å²) in [5.74, 6) is 1.47. The summed E-state index contributed by atoms with van der Waals surface area (Å²) < 4.78 is 2.03. The number of hydrogen-bond donors (Lipinski definition) is 0. The molecular weight excluding hydrogens is 196 g/mol. The van der Waals surface area contributed by atoms with Crippen molar-refractivity contribution in [2.24, 2.45) is 5.92 Å². The molecule has 0 atom stereocenters. The van der Waals surface area contributed by atoms with Gasteiger partial charge < -0.3 is 0 Å².